The monoisotopic (exact) mass is 388 g/mol. The molecule has 2 aromatic heterocycles. The van der Waals surface area contributed by atoms with Crippen molar-refractivity contribution in [2.24, 2.45) is 7.05 Å². The molecule has 4 nitrogen and oxygen atoms in total. The molecule has 0 amide bonds. The van der Waals surface area contributed by atoms with Crippen molar-refractivity contribution in [1.82, 2.24) is 19.5 Å². The molecule has 0 N–H and O–H groups in total. The minimum absolute atomic E-state index is 0.299. The van der Waals surface area contributed by atoms with Crippen LogP contribution in [0.1, 0.15) is 0 Å². The highest BCUT2D eigenvalue weighted by atomic mass is 127. The van der Waals surface area contributed by atoms with Crippen LogP contribution >= 0.6 is 34.2 Å². The average Bonchev–Trinajstić information content (AvgIpc) is 2.68. The van der Waals surface area contributed by atoms with Gasteiger partial charge in [0.15, 0.2) is 14.6 Å². The van der Waals surface area contributed by atoms with Crippen molar-refractivity contribution < 1.29 is 4.39 Å². The quantitative estimate of drug-likeness (QED) is 0.364. The highest BCUT2D eigenvalue weighted by molar-refractivity contribution is 14.1. The lowest BCUT2D eigenvalue weighted by Crippen LogP contribution is -1.96. The number of halogens is 3. The van der Waals surface area contributed by atoms with Gasteiger partial charge in [-0.05, 0) is 12.1 Å². The average molecular weight is 389 g/mol. The summed E-state index contributed by atoms with van der Waals surface area (Å²) in [6.45, 7) is 0. The van der Waals surface area contributed by atoms with Gasteiger partial charge in [0.25, 0.3) is 0 Å². The van der Waals surface area contributed by atoms with Gasteiger partial charge in [-0.25, -0.2) is 19.3 Å². The Morgan fingerprint density at radius 1 is 1.26 bits per heavy atom. The SMILES string of the molecule is Cn1c(-c2cccc(F)c2)nc2c(Cl)nc(I)nc21. The summed E-state index contributed by atoms with van der Waals surface area (Å²) in [6, 6.07) is 6.24. The number of benzene rings is 1. The maximum Gasteiger partial charge on any atom is 0.194 e. The van der Waals surface area contributed by atoms with Gasteiger partial charge >= 0.3 is 0 Å². The summed E-state index contributed by atoms with van der Waals surface area (Å²) in [4.78, 5) is 12.8. The van der Waals surface area contributed by atoms with Gasteiger partial charge in [-0.2, -0.15) is 0 Å². The minimum atomic E-state index is -0.309. The van der Waals surface area contributed by atoms with Crippen LogP contribution < -0.4 is 0 Å². The summed E-state index contributed by atoms with van der Waals surface area (Å²) in [7, 11) is 1.81. The number of imidazole rings is 1. The van der Waals surface area contributed by atoms with E-state index in [1.54, 1.807) is 16.7 Å². The van der Waals surface area contributed by atoms with E-state index in [9.17, 15) is 4.39 Å². The molecule has 0 aliphatic rings. The van der Waals surface area contributed by atoms with E-state index in [1.165, 1.54) is 12.1 Å². The van der Waals surface area contributed by atoms with Crippen molar-refractivity contribution in [3.05, 3.63) is 39.1 Å². The first-order valence-corrected chi connectivity index (χ1v) is 6.83. The van der Waals surface area contributed by atoms with E-state index >= 15 is 0 Å². The molecule has 0 saturated carbocycles. The number of aromatic nitrogens is 4. The zero-order valence-corrected chi connectivity index (χ0v) is 12.6. The van der Waals surface area contributed by atoms with E-state index in [1.807, 2.05) is 29.6 Å². The molecule has 0 unspecified atom stereocenters. The van der Waals surface area contributed by atoms with Crippen molar-refractivity contribution in [3.63, 3.8) is 0 Å². The van der Waals surface area contributed by atoms with Crippen LogP contribution in [-0.2, 0) is 7.05 Å². The number of aryl methyl sites for hydroxylation is 1. The molecule has 0 atom stereocenters. The van der Waals surface area contributed by atoms with Gasteiger partial charge in [0.1, 0.15) is 17.2 Å². The second-order valence-corrected chi connectivity index (χ2v) is 5.28. The van der Waals surface area contributed by atoms with Crippen LogP contribution in [0.15, 0.2) is 24.3 Å². The number of nitrogens with zero attached hydrogens (tertiary/aromatic N) is 4. The molecule has 0 fully saturated rings. The Morgan fingerprint density at radius 2 is 2.05 bits per heavy atom. The highest BCUT2D eigenvalue weighted by Crippen LogP contribution is 2.26. The Kier molecular flexibility index (Phi) is 3.14. The van der Waals surface area contributed by atoms with Gasteiger partial charge in [-0.15, -0.1) is 0 Å². The standard InChI is InChI=1S/C12H7ClFIN4/c1-19-10(6-3-2-4-7(14)5-6)16-8-9(13)17-12(15)18-11(8)19/h2-5H,1H3. The molecule has 0 spiro atoms. The van der Waals surface area contributed by atoms with Crippen molar-refractivity contribution in [2.45, 2.75) is 0 Å². The van der Waals surface area contributed by atoms with E-state index in [-0.39, 0.29) is 5.82 Å². The summed E-state index contributed by atoms with van der Waals surface area (Å²) >= 11 is 8.05. The number of hydrogen-bond acceptors (Lipinski definition) is 3. The minimum Gasteiger partial charge on any atom is -0.312 e. The molecule has 0 radical (unpaired) electrons. The van der Waals surface area contributed by atoms with Gasteiger partial charge in [0.05, 0.1) is 0 Å². The normalized spacial score (nSPS) is 11.2. The summed E-state index contributed by atoms with van der Waals surface area (Å²) < 4.78 is 15.6. The van der Waals surface area contributed by atoms with E-state index in [2.05, 4.69) is 15.0 Å². The molecule has 2 heterocycles. The van der Waals surface area contributed by atoms with Crippen molar-refractivity contribution in [3.8, 4) is 11.4 Å². The first kappa shape index (κ1) is 12.7. The van der Waals surface area contributed by atoms with E-state index in [0.717, 1.165) is 0 Å². The van der Waals surface area contributed by atoms with Crippen LogP contribution in [0, 0.1) is 9.65 Å². The molecule has 1 aromatic carbocycles. The zero-order chi connectivity index (χ0) is 13.6. The maximum absolute atomic E-state index is 13.3. The third-order valence-corrected chi connectivity index (χ3v) is 3.48. The summed E-state index contributed by atoms with van der Waals surface area (Å²) in [6.07, 6.45) is 0. The predicted octanol–water partition coefficient (Wildman–Crippen LogP) is 3.43. The molecule has 96 valence electrons. The van der Waals surface area contributed by atoms with Gasteiger partial charge in [0, 0.05) is 35.2 Å². The van der Waals surface area contributed by atoms with Crippen molar-refractivity contribution in [1.29, 1.82) is 0 Å². The molecule has 7 heteroatoms. The second-order valence-electron chi connectivity index (χ2n) is 3.96. The number of fused-ring (bicyclic) bond motifs is 1. The third kappa shape index (κ3) is 2.18. The maximum atomic E-state index is 13.3. The fourth-order valence-electron chi connectivity index (χ4n) is 1.89. The van der Waals surface area contributed by atoms with Crippen LogP contribution in [0.2, 0.25) is 5.15 Å². The molecule has 0 bridgehead atoms. The second kappa shape index (κ2) is 4.68. The smallest absolute Gasteiger partial charge is 0.194 e. The Morgan fingerprint density at radius 3 is 2.79 bits per heavy atom. The Balaban J connectivity index is 2.31. The molecule has 0 aliphatic heterocycles. The first-order chi connectivity index (χ1) is 9.06. The topological polar surface area (TPSA) is 43.6 Å². The molecular formula is C12H7ClFIN4. The summed E-state index contributed by atoms with van der Waals surface area (Å²) in [5.41, 5.74) is 1.82. The van der Waals surface area contributed by atoms with Crippen molar-refractivity contribution >= 4 is 45.4 Å². The molecule has 0 saturated heterocycles. The summed E-state index contributed by atoms with van der Waals surface area (Å²) in [5, 5.41) is 0.299. The predicted molar refractivity (Wildman–Crippen MR) is 79.4 cm³/mol. The van der Waals surface area contributed by atoms with Crippen LogP contribution in [0.4, 0.5) is 4.39 Å². The molecule has 0 aliphatic carbocycles. The zero-order valence-electron chi connectivity index (χ0n) is 9.73. The lowest BCUT2D eigenvalue weighted by Gasteiger charge is -2.01. The van der Waals surface area contributed by atoms with Crippen molar-refractivity contribution in [2.75, 3.05) is 0 Å². The molecule has 3 rings (SSSR count). The lowest BCUT2D eigenvalue weighted by atomic mass is 10.2. The Bertz CT molecular complexity index is 787. The third-order valence-electron chi connectivity index (χ3n) is 2.73. The van der Waals surface area contributed by atoms with E-state index in [0.29, 0.717) is 31.5 Å². The van der Waals surface area contributed by atoms with Gasteiger partial charge in [0.2, 0.25) is 0 Å². The van der Waals surface area contributed by atoms with Gasteiger partial charge in [-0.3, -0.25) is 0 Å². The van der Waals surface area contributed by atoms with Gasteiger partial charge < -0.3 is 4.57 Å². The Hall–Kier alpha value is -1.28. The fourth-order valence-corrected chi connectivity index (χ4v) is 2.71. The van der Waals surface area contributed by atoms with Gasteiger partial charge in [-0.1, -0.05) is 23.7 Å². The van der Waals surface area contributed by atoms with Crippen LogP contribution in [-0.4, -0.2) is 19.5 Å². The largest absolute Gasteiger partial charge is 0.312 e. The summed E-state index contributed by atoms with van der Waals surface area (Å²) in [5.74, 6) is 0.295. The fraction of sp³-hybridized carbons (Fsp3) is 0.0833. The molecule has 3 aromatic rings. The van der Waals surface area contributed by atoms with Crippen LogP contribution in [0.3, 0.4) is 0 Å². The van der Waals surface area contributed by atoms with Crippen LogP contribution in [0.5, 0.6) is 0 Å². The molecular weight excluding hydrogens is 382 g/mol. The first-order valence-electron chi connectivity index (χ1n) is 5.37. The Labute approximate surface area is 126 Å². The van der Waals surface area contributed by atoms with E-state index < -0.39 is 0 Å². The lowest BCUT2D eigenvalue weighted by molar-refractivity contribution is 0.628. The number of rotatable bonds is 1. The molecule has 19 heavy (non-hydrogen) atoms. The highest BCUT2D eigenvalue weighted by Gasteiger charge is 2.15. The van der Waals surface area contributed by atoms with Crippen LogP contribution in [0.25, 0.3) is 22.6 Å². The van der Waals surface area contributed by atoms with E-state index in [4.69, 9.17) is 11.6 Å². The number of hydrogen-bond donors (Lipinski definition) is 0.